The molecule has 1 aromatic rings. The Balaban J connectivity index is 2.98. The molecular formula is C12H13IO. The molecule has 0 amide bonds. The molecule has 0 aliphatic carbocycles. The zero-order valence-electron chi connectivity index (χ0n) is 8.38. The zero-order valence-corrected chi connectivity index (χ0v) is 10.5. The Morgan fingerprint density at radius 3 is 2.36 bits per heavy atom. The molecule has 2 heteroatoms. The highest BCUT2D eigenvalue weighted by Crippen LogP contribution is 2.20. The molecule has 0 N–H and O–H groups in total. The van der Waals surface area contributed by atoms with Crippen LogP contribution in [-0.2, 0) is 0 Å². The molecule has 0 unspecified atom stereocenters. The molecule has 14 heavy (non-hydrogen) atoms. The lowest BCUT2D eigenvalue weighted by molar-refractivity contribution is 0.104. The predicted molar refractivity (Wildman–Crippen MR) is 67.8 cm³/mol. The Morgan fingerprint density at radius 1 is 1.29 bits per heavy atom. The van der Waals surface area contributed by atoms with Crippen LogP contribution in [0.1, 0.15) is 30.6 Å². The summed E-state index contributed by atoms with van der Waals surface area (Å²) < 4.78 is 0.844. The van der Waals surface area contributed by atoms with Gasteiger partial charge in [-0.05, 0) is 35.9 Å². The molecule has 0 aliphatic heterocycles. The minimum atomic E-state index is 0.130. The third-order valence-electron chi connectivity index (χ3n) is 2.14. The minimum absolute atomic E-state index is 0.130. The van der Waals surface area contributed by atoms with E-state index in [1.807, 2.05) is 37.3 Å². The second-order valence-corrected chi connectivity index (χ2v) is 4.22. The van der Waals surface area contributed by atoms with E-state index in [-0.39, 0.29) is 5.78 Å². The molecule has 0 bridgehead atoms. The van der Waals surface area contributed by atoms with Crippen molar-refractivity contribution in [2.45, 2.75) is 20.3 Å². The van der Waals surface area contributed by atoms with E-state index in [0.29, 0.717) is 0 Å². The second kappa shape index (κ2) is 5.29. The summed E-state index contributed by atoms with van der Waals surface area (Å²) in [4.78, 5) is 11.9. The van der Waals surface area contributed by atoms with E-state index in [1.165, 1.54) is 0 Å². The molecule has 74 valence electrons. The van der Waals surface area contributed by atoms with E-state index in [1.54, 1.807) is 0 Å². The number of Topliss-reactive ketones (excluding diaryl/α,β-unsaturated/α-hetero) is 1. The van der Waals surface area contributed by atoms with Crippen molar-refractivity contribution in [2.24, 2.45) is 0 Å². The van der Waals surface area contributed by atoms with Crippen molar-refractivity contribution in [2.75, 3.05) is 0 Å². The fourth-order valence-electron chi connectivity index (χ4n) is 1.07. The SMILES string of the molecule is CC/C(C)=C(/I)C(=O)c1ccccc1. The Kier molecular flexibility index (Phi) is 4.32. The zero-order chi connectivity index (χ0) is 10.6. The molecule has 0 atom stereocenters. The topological polar surface area (TPSA) is 17.1 Å². The fraction of sp³-hybridized carbons (Fsp3) is 0.250. The molecule has 0 aromatic heterocycles. The molecule has 1 aromatic carbocycles. The van der Waals surface area contributed by atoms with Gasteiger partial charge in [0.15, 0.2) is 5.78 Å². The summed E-state index contributed by atoms with van der Waals surface area (Å²) in [6.07, 6.45) is 0.927. The standard InChI is InChI=1S/C12H13IO/c1-3-9(2)11(13)12(14)10-7-5-4-6-8-10/h4-8H,3H2,1-2H3/b11-9+. The Labute approximate surface area is 98.4 Å². The maximum atomic E-state index is 11.9. The summed E-state index contributed by atoms with van der Waals surface area (Å²) in [6.45, 7) is 4.06. The van der Waals surface area contributed by atoms with E-state index in [0.717, 1.165) is 21.1 Å². The van der Waals surface area contributed by atoms with Crippen molar-refractivity contribution in [3.8, 4) is 0 Å². The van der Waals surface area contributed by atoms with Gasteiger partial charge < -0.3 is 0 Å². The molecule has 0 fully saturated rings. The number of benzene rings is 1. The number of hydrogen-bond donors (Lipinski definition) is 0. The van der Waals surface area contributed by atoms with Gasteiger partial charge in [-0.2, -0.15) is 0 Å². The van der Waals surface area contributed by atoms with Gasteiger partial charge in [0.2, 0.25) is 0 Å². The van der Waals surface area contributed by atoms with Gasteiger partial charge in [0, 0.05) is 5.56 Å². The van der Waals surface area contributed by atoms with Crippen LogP contribution < -0.4 is 0 Å². The van der Waals surface area contributed by atoms with Gasteiger partial charge in [-0.25, -0.2) is 0 Å². The van der Waals surface area contributed by atoms with Gasteiger partial charge in [0.25, 0.3) is 0 Å². The van der Waals surface area contributed by atoms with E-state index in [9.17, 15) is 4.79 Å². The minimum Gasteiger partial charge on any atom is -0.288 e. The average Bonchev–Trinajstić information content (AvgIpc) is 2.27. The third kappa shape index (κ3) is 2.67. The van der Waals surface area contributed by atoms with Crippen LogP contribution in [0.25, 0.3) is 0 Å². The first-order valence-corrected chi connectivity index (χ1v) is 5.69. The molecule has 0 saturated carbocycles. The van der Waals surface area contributed by atoms with Crippen molar-refractivity contribution in [1.82, 2.24) is 0 Å². The van der Waals surface area contributed by atoms with Crippen molar-refractivity contribution in [3.05, 3.63) is 45.0 Å². The van der Waals surface area contributed by atoms with E-state index in [2.05, 4.69) is 29.5 Å². The summed E-state index contributed by atoms with van der Waals surface area (Å²) >= 11 is 2.13. The predicted octanol–water partition coefficient (Wildman–Crippen LogP) is 3.99. The molecule has 1 rings (SSSR count). The molecule has 0 spiro atoms. The lowest BCUT2D eigenvalue weighted by Gasteiger charge is -2.02. The van der Waals surface area contributed by atoms with E-state index in [4.69, 9.17) is 0 Å². The van der Waals surface area contributed by atoms with Crippen LogP contribution in [0.2, 0.25) is 0 Å². The normalized spacial score (nSPS) is 12.2. The molecule has 0 heterocycles. The third-order valence-corrected chi connectivity index (χ3v) is 3.55. The van der Waals surface area contributed by atoms with Crippen molar-refractivity contribution < 1.29 is 4.79 Å². The summed E-state index contributed by atoms with van der Waals surface area (Å²) in [6, 6.07) is 9.39. The van der Waals surface area contributed by atoms with Gasteiger partial charge in [0.1, 0.15) is 0 Å². The summed E-state index contributed by atoms with van der Waals surface area (Å²) in [5.41, 5.74) is 1.92. The van der Waals surface area contributed by atoms with Crippen molar-refractivity contribution in [3.63, 3.8) is 0 Å². The highest BCUT2D eigenvalue weighted by Gasteiger charge is 2.10. The monoisotopic (exact) mass is 300 g/mol. The van der Waals surface area contributed by atoms with Crippen LogP contribution in [0, 0.1) is 0 Å². The van der Waals surface area contributed by atoms with Crippen molar-refractivity contribution >= 4 is 28.4 Å². The van der Waals surface area contributed by atoms with Gasteiger partial charge >= 0.3 is 0 Å². The number of allylic oxidation sites excluding steroid dienone is 2. The number of ketones is 1. The Morgan fingerprint density at radius 2 is 1.86 bits per heavy atom. The highest BCUT2D eigenvalue weighted by atomic mass is 127. The van der Waals surface area contributed by atoms with E-state index < -0.39 is 0 Å². The maximum absolute atomic E-state index is 11.9. The van der Waals surface area contributed by atoms with Crippen LogP contribution in [0.15, 0.2) is 39.5 Å². The average molecular weight is 300 g/mol. The highest BCUT2D eigenvalue weighted by molar-refractivity contribution is 14.1. The number of carbonyl (C=O) groups excluding carboxylic acids is 1. The van der Waals surface area contributed by atoms with Crippen molar-refractivity contribution in [1.29, 1.82) is 0 Å². The number of carbonyl (C=O) groups is 1. The lowest BCUT2D eigenvalue weighted by Crippen LogP contribution is -1.99. The fourth-order valence-corrected chi connectivity index (χ4v) is 1.76. The first kappa shape index (κ1) is 11.4. The van der Waals surface area contributed by atoms with Gasteiger partial charge in [-0.15, -0.1) is 0 Å². The Bertz CT molecular complexity index is 352. The van der Waals surface area contributed by atoms with Gasteiger partial charge in [0.05, 0.1) is 3.58 Å². The van der Waals surface area contributed by atoms with E-state index >= 15 is 0 Å². The summed E-state index contributed by atoms with van der Waals surface area (Å²) in [5.74, 6) is 0.130. The summed E-state index contributed by atoms with van der Waals surface area (Å²) in [5, 5.41) is 0. The van der Waals surface area contributed by atoms with Crippen LogP contribution in [-0.4, -0.2) is 5.78 Å². The summed E-state index contributed by atoms with van der Waals surface area (Å²) in [7, 11) is 0. The molecular weight excluding hydrogens is 287 g/mol. The maximum Gasteiger partial charge on any atom is 0.199 e. The number of halogens is 1. The first-order chi connectivity index (χ1) is 6.66. The van der Waals surface area contributed by atoms with Gasteiger partial charge in [-0.3, -0.25) is 4.79 Å². The largest absolute Gasteiger partial charge is 0.288 e. The van der Waals surface area contributed by atoms with Crippen LogP contribution in [0.5, 0.6) is 0 Å². The number of hydrogen-bond acceptors (Lipinski definition) is 1. The van der Waals surface area contributed by atoms with Crippen LogP contribution in [0.3, 0.4) is 0 Å². The molecule has 0 aliphatic rings. The quantitative estimate of drug-likeness (QED) is 0.468. The molecule has 0 radical (unpaired) electrons. The number of rotatable bonds is 3. The Hall–Kier alpha value is -0.640. The van der Waals surface area contributed by atoms with Crippen LogP contribution >= 0.6 is 22.6 Å². The van der Waals surface area contributed by atoms with Gasteiger partial charge in [-0.1, -0.05) is 42.8 Å². The second-order valence-electron chi connectivity index (χ2n) is 3.14. The lowest BCUT2D eigenvalue weighted by atomic mass is 10.1. The smallest absolute Gasteiger partial charge is 0.199 e. The molecule has 0 saturated heterocycles. The van der Waals surface area contributed by atoms with Crippen LogP contribution in [0.4, 0.5) is 0 Å². The first-order valence-electron chi connectivity index (χ1n) is 4.61. The molecule has 1 nitrogen and oxygen atoms in total.